The van der Waals surface area contributed by atoms with Gasteiger partial charge in [0.15, 0.2) is 5.41 Å². The molecule has 5 rings (SSSR count). The number of nitrogens with one attached hydrogen (secondary N) is 1. The highest BCUT2D eigenvalue weighted by atomic mass is 19.4. The van der Waals surface area contributed by atoms with Gasteiger partial charge in [-0.05, 0) is 73.7 Å². The van der Waals surface area contributed by atoms with E-state index in [1.807, 2.05) is 4.90 Å². The standard InChI is InChI=1S/C24H22F3N3O4/c1-34-17-8-6-16(7-9-17)30-21(32)23(20(31)28-22(30)33)13-14-12-15(24(25,26)27)5-10-18(14)29-11-3-2-4-19(23)29/h5-10,12,19H,2-4,11,13H2,1H3,(H,28,31,33)/t19-,23-/m1/s1. The van der Waals surface area contributed by atoms with Crippen molar-refractivity contribution >= 4 is 29.2 Å². The number of rotatable bonds is 2. The van der Waals surface area contributed by atoms with Crippen LogP contribution in [0.15, 0.2) is 42.5 Å². The second-order valence-electron chi connectivity index (χ2n) is 8.79. The number of imide groups is 2. The first-order valence-electron chi connectivity index (χ1n) is 11.0. The molecule has 2 saturated heterocycles. The van der Waals surface area contributed by atoms with Gasteiger partial charge in [0.05, 0.1) is 24.4 Å². The van der Waals surface area contributed by atoms with Crippen molar-refractivity contribution < 1.29 is 32.3 Å². The molecule has 0 unspecified atom stereocenters. The van der Waals surface area contributed by atoms with Crippen molar-refractivity contribution in [2.24, 2.45) is 5.41 Å². The molecule has 3 heterocycles. The van der Waals surface area contributed by atoms with Gasteiger partial charge in [-0.3, -0.25) is 14.9 Å². The third-order valence-corrected chi connectivity index (χ3v) is 7.00. The zero-order chi connectivity index (χ0) is 24.3. The Morgan fingerprint density at radius 3 is 2.47 bits per heavy atom. The molecule has 0 radical (unpaired) electrons. The van der Waals surface area contributed by atoms with Crippen molar-refractivity contribution in [1.82, 2.24) is 5.32 Å². The Bertz CT molecular complexity index is 1180. The van der Waals surface area contributed by atoms with Gasteiger partial charge in [-0.15, -0.1) is 0 Å². The maximum atomic E-state index is 14.0. The lowest BCUT2D eigenvalue weighted by Crippen LogP contribution is -2.72. The Labute approximate surface area is 193 Å². The largest absolute Gasteiger partial charge is 0.497 e. The number of fused-ring (bicyclic) bond motifs is 4. The number of nitrogens with zero attached hydrogens (tertiary/aromatic N) is 2. The second-order valence-corrected chi connectivity index (χ2v) is 8.79. The Morgan fingerprint density at radius 1 is 1.06 bits per heavy atom. The Morgan fingerprint density at radius 2 is 1.79 bits per heavy atom. The highest BCUT2D eigenvalue weighted by Gasteiger charge is 2.62. The van der Waals surface area contributed by atoms with Crippen LogP contribution in [-0.4, -0.2) is 37.5 Å². The molecule has 1 spiro atoms. The third-order valence-electron chi connectivity index (χ3n) is 7.00. The van der Waals surface area contributed by atoms with Gasteiger partial charge in [0.2, 0.25) is 5.91 Å². The van der Waals surface area contributed by atoms with Crippen LogP contribution in [0.1, 0.15) is 30.4 Å². The number of halogens is 3. The van der Waals surface area contributed by atoms with Gasteiger partial charge in [0.1, 0.15) is 5.75 Å². The van der Waals surface area contributed by atoms with Crippen LogP contribution in [0.3, 0.4) is 0 Å². The number of urea groups is 1. The van der Waals surface area contributed by atoms with E-state index in [0.717, 1.165) is 29.9 Å². The van der Waals surface area contributed by atoms with E-state index in [1.165, 1.54) is 25.3 Å². The maximum Gasteiger partial charge on any atom is 0.416 e. The van der Waals surface area contributed by atoms with Crippen LogP contribution in [0, 0.1) is 5.41 Å². The number of hydrogen-bond donors (Lipinski definition) is 1. The predicted octanol–water partition coefficient (Wildman–Crippen LogP) is 3.90. The molecule has 178 valence electrons. The summed E-state index contributed by atoms with van der Waals surface area (Å²) in [6, 6.07) is 8.20. The van der Waals surface area contributed by atoms with E-state index in [0.29, 0.717) is 24.4 Å². The number of hydrogen-bond acceptors (Lipinski definition) is 5. The van der Waals surface area contributed by atoms with Crippen LogP contribution in [-0.2, 0) is 22.2 Å². The average molecular weight is 473 g/mol. The molecule has 0 aliphatic carbocycles. The van der Waals surface area contributed by atoms with E-state index in [2.05, 4.69) is 5.32 Å². The minimum Gasteiger partial charge on any atom is -0.497 e. The number of piperidine rings is 1. The van der Waals surface area contributed by atoms with E-state index in [4.69, 9.17) is 4.74 Å². The second kappa shape index (κ2) is 7.75. The molecule has 2 fully saturated rings. The zero-order valence-corrected chi connectivity index (χ0v) is 18.3. The van der Waals surface area contributed by atoms with Gasteiger partial charge in [-0.1, -0.05) is 0 Å². The highest BCUT2D eigenvalue weighted by molar-refractivity contribution is 6.30. The number of ether oxygens (including phenoxy) is 1. The average Bonchev–Trinajstić information content (AvgIpc) is 2.82. The normalized spacial score (nSPS) is 24.6. The topological polar surface area (TPSA) is 79.0 Å². The zero-order valence-electron chi connectivity index (χ0n) is 18.3. The fourth-order valence-corrected chi connectivity index (χ4v) is 5.40. The smallest absolute Gasteiger partial charge is 0.416 e. The number of amides is 4. The number of benzene rings is 2. The number of barbiturate groups is 1. The number of methoxy groups -OCH3 is 1. The molecule has 1 N–H and O–H groups in total. The molecular formula is C24H22F3N3O4. The van der Waals surface area contributed by atoms with Crippen LogP contribution < -0.4 is 19.9 Å². The summed E-state index contributed by atoms with van der Waals surface area (Å²) < 4.78 is 45.5. The summed E-state index contributed by atoms with van der Waals surface area (Å²) in [7, 11) is 1.48. The molecule has 3 aliphatic heterocycles. The van der Waals surface area contributed by atoms with Gasteiger partial charge < -0.3 is 9.64 Å². The van der Waals surface area contributed by atoms with E-state index < -0.39 is 41.0 Å². The molecule has 34 heavy (non-hydrogen) atoms. The molecule has 7 nitrogen and oxygen atoms in total. The maximum absolute atomic E-state index is 14.0. The van der Waals surface area contributed by atoms with E-state index in [-0.39, 0.29) is 17.7 Å². The molecule has 0 bridgehead atoms. The minimum atomic E-state index is -4.56. The highest BCUT2D eigenvalue weighted by Crippen LogP contribution is 2.49. The first-order chi connectivity index (χ1) is 16.2. The summed E-state index contributed by atoms with van der Waals surface area (Å²) in [5, 5.41) is 2.30. The predicted molar refractivity (Wildman–Crippen MR) is 117 cm³/mol. The first kappa shape index (κ1) is 22.2. The van der Waals surface area contributed by atoms with Crippen molar-refractivity contribution in [1.29, 1.82) is 0 Å². The molecule has 2 aromatic rings. The van der Waals surface area contributed by atoms with E-state index in [1.54, 1.807) is 12.1 Å². The SMILES string of the molecule is COc1ccc(N2C(=O)NC(=O)[C@]3(Cc4cc(C(F)(F)F)ccc4N4CCCC[C@@H]43)C2=O)cc1. The Balaban J connectivity index is 1.64. The van der Waals surface area contributed by atoms with Crippen molar-refractivity contribution in [3.05, 3.63) is 53.6 Å². The molecule has 3 aliphatic rings. The lowest BCUT2D eigenvalue weighted by Gasteiger charge is -2.53. The summed E-state index contributed by atoms with van der Waals surface area (Å²) in [6.45, 7) is 0.502. The molecule has 10 heteroatoms. The molecular weight excluding hydrogens is 451 g/mol. The fraction of sp³-hybridized carbons (Fsp3) is 0.375. The lowest BCUT2D eigenvalue weighted by molar-refractivity contribution is -0.145. The number of anilines is 2. The van der Waals surface area contributed by atoms with Gasteiger partial charge >= 0.3 is 12.2 Å². The summed E-state index contributed by atoms with van der Waals surface area (Å²) in [6.07, 6.45) is -2.74. The van der Waals surface area contributed by atoms with Crippen LogP contribution in [0.5, 0.6) is 5.75 Å². The lowest BCUT2D eigenvalue weighted by atomic mass is 9.66. The summed E-state index contributed by atoms with van der Waals surface area (Å²) in [4.78, 5) is 42.9. The third kappa shape index (κ3) is 3.23. The fourth-order valence-electron chi connectivity index (χ4n) is 5.40. The van der Waals surface area contributed by atoms with Crippen molar-refractivity contribution in [2.75, 3.05) is 23.5 Å². The minimum absolute atomic E-state index is 0.224. The summed E-state index contributed by atoms with van der Waals surface area (Å²) in [5.41, 5.74) is -1.47. The van der Waals surface area contributed by atoms with Crippen LogP contribution in [0.4, 0.5) is 29.3 Å². The van der Waals surface area contributed by atoms with Crippen molar-refractivity contribution in [2.45, 2.75) is 37.9 Å². The monoisotopic (exact) mass is 473 g/mol. The Kier molecular flexibility index (Phi) is 5.07. The number of carbonyl (C=O) groups is 3. The van der Waals surface area contributed by atoms with Gasteiger partial charge in [-0.25, -0.2) is 9.69 Å². The van der Waals surface area contributed by atoms with Gasteiger partial charge in [0.25, 0.3) is 5.91 Å². The number of carbonyl (C=O) groups excluding carboxylic acids is 3. The van der Waals surface area contributed by atoms with Crippen molar-refractivity contribution in [3.8, 4) is 5.75 Å². The van der Waals surface area contributed by atoms with Crippen molar-refractivity contribution in [3.63, 3.8) is 0 Å². The van der Waals surface area contributed by atoms with Gasteiger partial charge in [0, 0.05) is 12.2 Å². The number of alkyl halides is 3. The van der Waals surface area contributed by atoms with Crippen LogP contribution in [0.2, 0.25) is 0 Å². The van der Waals surface area contributed by atoms with Crippen LogP contribution in [0.25, 0.3) is 0 Å². The van der Waals surface area contributed by atoms with Gasteiger partial charge in [-0.2, -0.15) is 13.2 Å². The summed E-state index contributed by atoms with van der Waals surface area (Å²) >= 11 is 0. The molecule has 4 amide bonds. The molecule has 2 atom stereocenters. The van der Waals surface area contributed by atoms with Crippen LogP contribution >= 0.6 is 0 Å². The molecule has 0 saturated carbocycles. The first-order valence-corrected chi connectivity index (χ1v) is 11.0. The molecule has 0 aromatic heterocycles. The van der Waals surface area contributed by atoms with E-state index >= 15 is 0 Å². The quantitative estimate of drug-likeness (QED) is 0.670. The summed E-state index contributed by atoms with van der Waals surface area (Å²) in [5.74, 6) is -0.984. The Hall–Kier alpha value is -3.56. The van der Waals surface area contributed by atoms with E-state index in [9.17, 15) is 27.6 Å². The molecule has 2 aromatic carbocycles.